The molecule has 3 aromatic carbocycles. The van der Waals surface area contributed by atoms with Gasteiger partial charge in [-0.3, -0.25) is 0 Å². The van der Waals surface area contributed by atoms with Crippen LogP contribution in [0.25, 0.3) is 11.0 Å². The van der Waals surface area contributed by atoms with Crippen LogP contribution in [0.1, 0.15) is 32.8 Å². The summed E-state index contributed by atoms with van der Waals surface area (Å²) in [4.78, 5) is 13.7. The maximum atomic E-state index is 12.8. The maximum absolute atomic E-state index is 12.8. The third kappa shape index (κ3) is 5.75. The molecule has 0 atom stereocenters. The highest BCUT2D eigenvalue weighted by atomic mass is 32.2. The summed E-state index contributed by atoms with van der Waals surface area (Å²) in [5, 5.41) is 9.71. The molecule has 198 valence electrons. The normalized spacial score (nSPS) is 14.2. The molecular formula is C29H30N2O6S. The molecule has 0 unspecified atom stereocenters. The van der Waals surface area contributed by atoms with Crippen LogP contribution in [0.15, 0.2) is 76.0 Å². The zero-order valence-electron chi connectivity index (χ0n) is 21.1. The fourth-order valence-electron chi connectivity index (χ4n) is 4.69. The van der Waals surface area contributed by atoms with Crippen molar-refractivity contribution in [3.05, 3.63) is 94.7 Å². The van der Waals surface area contributed by atoms with E-state index in [1.54, 1.807) is 6.92 Å². The number of aromatic carboxylic acids is 1. The van der Waals surface area contributed by atoms with Gasteiger partial charge in [-0.2, -0.15) is 0 Å². The van der Waals surface area contributed by atoms with Crippen LogP contribution < -0.4 is 9.62 Å². The van der Waals surface area contributed by atoms with Gasteiger partial charge in [0.05, 0.1) is 18.1 Å². The third-order valence-electron chi connectivity index (χ3n) is 6.86. The molecule has 0 spiro atoms. The van der Waals surface area contributed by atoms with Crippen LogP contribution in [-0.2, 0) is 27.6 Å². The lowest BCUT2D eigenvalue weighted by molar-refractivity contribution is 0.0664. The Morgan fingerprint density at radius 3 is 2.24 bits per heavy atom. The van der Waals surface area contributed by atoms with Crippen molar-refractivity contribution in [1.82, 2.24) is 4.72 Å². The van der Waals surface area contributed by atoms with Crippen LogP contribution in [0.5, 0.6) is 0 Å². The molecule has 1 saturated heterocycles. The van der Waals surface area contributed by atoms with E-state index in [1.165, 1.54) is 35.0 Å². The lowest BCUT2D eigenvalue weighted by Crippen LogP contribution is -2.36. The summed E-state index contributed by atoms with van der Waals surface area (Å²) in [6, 6.07) is 21.2. The summed E-state index contributed by atoms with van der Waals surface area (Å²) >= 11 is 0. The number of aryl methyl sites for hydroxylation is 1. The van der Waals surface area contributed by atoms with Gasteiger partial charge in [-0.1, -0.05) is 36.4 Å². The Labute approximate surface area is 221 Å². The Morgan fingerprint density at radius 1 is 0.947 bits per heavy atom. The second-order valence-corrected chi connectivity index (χ2v) is 11.2. The van der Waals surface area contributed by atoms with Crippen molar-refractivity contribution in [2.45, 2.75) is 24.7 Å². The smallest absolute Gasteiger partial charge is 0.372 e. The molecule has 0 radical (unpaired) electrons. The standard InChI is InChI=1S/C29H30N2O6S/c1-20-26-19-25(10-11-27(26)37-28(20)29(32)33)38(34,35)30-13-12-21-2-4-22(5-3-21)18-23-6-8-24(9-7-23)31-14-16-36-17-15-31/h2-11,19,30H,12-18H2,1H3,(H,32,33). The number of benzene rings is 3. The van der Waals surface area contributed by atoms with Crippen molar-refractivity contribution in [3.63, 3.8) is 0 Å². The lowest BCUT2D eigenvalue weighted by atomic mass is 10.0. The highest BCUT2D eigenvalue weighted by Gasteiger charge is 2.20. The molecule has 1 aliphatic rings. The molecule has 2 heterocycles. The van der Waals surface area contributed by atoms with Gasteiger partial charge in [0.2, 0.25) is 15.8 Å². The topological polar surface area (TPSA) is 109 Å². The number of carboxylic acids is 1. The number of nitrogens with zero attached hydrogens (tertiary/aromatic N) is 1. The van der Waals surface area contributed by atoms with Crippen LogP contribution >= 0.6 is 0 Å². The molecular weight excluding hydrogens is 504 g/mol. The zero-order chi connectivity index (χ0) is 26.7. The van der Waals surface area contributed by atoms with Crippen molar-refractivity contribution < 1.29 is 27.5 Å². The first kappa shape index (κ1) is 26.0. The van der Waals surface area contributed by atoms with Gasteiger partial charge < -0.3 is 19.2 Å². The minimum atomic E-state index is -3.76. The summed E-state index contributed by atoms with van der Waals surface area (Å²) in [6.45, 7) is 5.22. The van der Waals surface area contributed by atoms with Gasteiger partial charge in [0, 0.05) is 36.3 Å². The van der Waals surface area contributed by atoms with E-state index in [2.05, 4.69) is 46.0 Å². The molecule has 8 nitrogen and oxygen atoms in total. The van der Waals surface area contributed by atoms with Gasteiger partial charge in [-0.05, 0) is 66.8 Å². The summed E-state index contributed by atoms with van der Waals surface area (Å²) in [6.07, 6.45) is 1.37. The summed E-state index contributed by atoms with van der Waals surface area (Å²) < 4.78 is 39.1. The lowest BCUT2D eigenvalue weighted by Gasteiger charge is -2.28. The minimum absolute atomic E-state index is 0.0702. The molecule has 1 fully saturated rings. The quantitative estimate of drug-likeness (QED) is 0.328. The predicted molar refractivity (Wildman–Crippen MR) is 146 cm³/mol. The molecule has 5 rings (SSSR count). The average molecular weight is 535 g/mol. The molecule has 9 heteroatoms. The number of ether oxygens (including phenoxy) is 1. The molecule has 0 amide bonds. The Morgan fingerprint density at radius 2 is 1.58 bits per heavy atom. The Hall–Kier alpha value is -3.66. The number of nitrogens with one attached hydrogen (secondary N) is 1. The molecule has 38 heavy (non-hydrogen) atoms. The monoisotopic (exact) mass is 534 g/mol. The maximum Gasteiger partial charge on any atom is 0.372 e. The first-order valence-corrected chi connectivity index (χ1v) is 14.0. The second-order valence-electron chi connectivity index (χ2n) is 9.43. The highest BCUT2D eigenvalue weighted by Crippen LogP contribution is 2.28. The minimum Gasteiger partial charge on any atom is -0.475 e. The van der Waals surface area contributed by atoms with Crippen LogP contribution in [0.4, 0.5) is 5.69 Å². The van der Waals surface area contributed by atoms with Gasteiger partial charge in [-0.25, -0.2) is 17.9 Å². The van der Waals surface area contributed by atoms with Crippen molar-refractivity contribution in [3.8, 4) is 0 Å². The van der Waals surface area contributed by atoms with Gasteiger partial charge in [0.25, 0.3) is 0 Å². The first-order valence-electron chi connectivity index (χ1n) is 12.6. The van der Waals surface area contributed by atoms with Crippen molar-refractivity contribution in [1.29, 1.82) is 0 Å². The van der Waals surface area contributed by atoms with E-state index in [-0.39, 0.29) is 17.2 Å². The number of fused-ring (bicyclic) bond motifs is 1. The number of hydrogen-bond acceptors (Lipinski definition) is 6. The summed E-state index contributed by atoms with van der Waals surface area (Å²) in [7, 11) is -3.76. The highest BCUT2D eigenvalue weighted by molar-refractivity contribution is 7.89. The largest absolute Gasteiger partial charge is 0.475 e. The Balaban J connectivity index is 1.16. The Kier molecular flexibility index (Phi) is 7.51. The van der Waals surface area contributed by atoms with E-state index >= 15 is 0 Å². The van der Waals surface area contributed by atoms with Gasteiger partial charge in [-0.15, -0.1) is 0 Å². The van der Waals surface area contributed by atoms with Gasteiger partial charge in [0.15, 0.2) is 0 Å². The van der Waals surface area contributed by atoms with E-state index in [0.717, 1.165) is 38.3 Å². The van der Waals surface area contributed by atoms with E-state index in [9.17, 15) is 18.3 Å². The van der Waals surface area contributed by atoms with Crippen LogP contribution in [0, 0.1) is 6.92 Å². The first-order chi connectivity index (χ1) is 18.3. The molecule has 0 aliphatic carbocycles. The van der Waals surface area contributed by atoms with E-state index in [1.807, 2.05) is 12.1 Å². The van der Waals surface area contributed by atoms with Crippen molar-refractivity contribution in [2.24, 2.45) is 0 Å². The van der Waals surface area contributed by atoms with Crippen LogP contribution in [-0.4, -0.2) is 52.3 Å². The number of carboxylic acid groups (broad SMARTS) is 1. The summed E-state index contributed by atoms with van der Waals surface area (Å²) in [5.41, 5.74) is 5.43. The van der Waals surface area contributed by atoms with Gasteiger partial charge in [0.1, 0.15) is 5.58 Å². The number of anilines is 1. The van der Waals surface area contributed by atoms with Crippen molar-refractivity contribution >= 4 is 32.6 Å². The molecule has 4 aromatic rings. The number of hydrogen-bond donors (Lipinski definition) is 2. The van der Waals surface area contributed by atoms with E-state index in [0.29, 0.717) is 23.0 Å². The predicted octanol–water partition coefficient (Wildman–Crippen LogP) is 4.39. The molecule has 0 saturated carbocycles. The number of furan rings is 1. The number of rotatable bonds is 9. The molecule has 2 N–H and O–H groups in total. The van der Waals surface area contributed by atoms with E-state index < -0.39 is 16.0 Å². The fraction of sp³-hybridized carbons (Fsp3) is 0.276. The third-order valence-corrected chi connectivity index (χ3v) is 8.32. The van der Waals surface area contributed by atoms with Crippen LogP contribution in [0.2, 0.25) is 0 Å². The van der Waals surface area contributed by atoms with E-state index in [4.69, 9.17) is 9.15 Å². The van der Waals surface area contributed by atoms with Crippen molar-refractivity contribution in [2.75, 3.05) is 37.7 Å². The summed E-state index contributed by atoms with van der Waals surface area (Å²) in [5.74, 6) is -1.37. The Bertz CT molecular complexity index is 1540. The SMILES string of the molecule is Cc1c(C(=O)O)oc2ccc(S(=O)(=O)NCCc3ccc(Cc4ccc(N5CCOCC5)cc4)cc3)cc12. The number of carbonyl (C=O) groups is 1. The number of morpholine rings is 1. The zero-order valence-corrected chi connectivity index (χ0v) is 22.0. The van der Waals surface area contributed by atoms with Gasteiger partial charge >= 0.3 is 5.97 Å². The average Bonchev–Trinajstić information content (AvgIpc) is 3.27. The van der Waals surface area contributed by atoms with Crippen LogP contribution in [0.3, 0.4) is 0 Å². The molecule has 0 bridgehead atoms. The second kappa shape index (κ2) is 11.0. The number of sulfonamides is 1. The molecule has 1 aromatic heterocycles. The fourth-order valence-corrected chi connectivity index (χ4v) is 5.75. The molecule has 1 aliphatic heterocycles.